The molecule has 6 nitrogen and oxygen atoms in total. The van der Waals surface area contributed by atoms with Gasteiger partial charge < -0.3 is 19.7 Å². The molecule has 1 aliphatic carbocycles. The van der Waals surface area contributed by atoms with Gasteiger partial charge in [-0.05, 0) is 69.0 Å². The lowest BCUT2D eigenvalue weighted by atomic mass is 9.97. The van der Waals surface area contributed by atoms with E-state index in [0.717, 1.165) is 50.4 Å². The van der Waals surface area contributed by atoms with E-state index in [1.807, 2.05) is 13.0 Å². The summed E-state index contributed by atoms with van der Waals surface area (Å²) in [6, 6.07) is 9.14. The van der Waals surface area contributed by atoms with Gasteiger partial charge in [-0.3, -0.25) is 4.99 Å². The zero-order chi connectivity index (χ0) is 22.5. The average Bonchev–Trinajstić information content (AvgIpc) is 3.15. The number of aliphatic imine (C=N–C) groups is 2. The van der Waals surface area contributed by atoms with Crippen molar-refractivity contribution in [3.63, 3.8) is 0 Å². The van der Waals surface area contributed by atoms with Crippen LogP contribution >= 0.6 is 20.8 Å². The molecule has 1 aromatic carbocycles. The SMILES string of the molecule is CC(Cl)/C=C1/NC(OC2CCC(P)CC2)=NC1=NC(C)c1ccc(N2CCOCC2)cc1. The summed E-state index contributed by atoms with van der Waals surface area (Å²) < 4.78 is 11.6. The number of rotatable bonds is 5. The van der Waals surface area contributed by atoms with E-state index in [1.165, 1.54) is 18.5 Å². The zero-order valence-corrected chi connectivity index (χ0v) is 20.9. The van der Waals surface area contributed by atoms with Crippen LogP contribution in [-0.4, -0.2) is 55.3 Å². The van der Waals surface area contributed by atoms with Crippen LogP contribution in [0.15, 0.2) is 46.0 Å². The second kappa shape index (κ2) is 11.0. The highest BCUT2D eigenvalue weighted by molar-refractivity contribution is 7.17. The summed E-state index contributed by atoms with van der Waals surface area (Å²) >= 11 is 6.24. The zero-order valence-electron chi connectivity index (χ0n) is 19.0. The third kappa shape index (κ3) is 6.24. The number of hydrogen-bond acceptors (Lipinski definition) is 5. The molecule has 1 saturated heterocycles. The number of hydrogen-bond donors (Lipinski definition) is 1. The van der Waals surface area contributed by atoms with Crippen LogP contribution in [0.2, 0.25) is 0 Å². The van der Waals surface area contributed by atoms with E-state index in [9.17, 15) is 0 Å². The van der Waals surface area contributed by atoms with Gasteiger partial charge in [0.05, 0.1) is 30.3 Å². The second-order valence-electron chi connectivity index (χ2n) is 8.77. The Morgan fingerprint density at radius 1 is 1.19 bits per heavy atom. The summed E-state index contributed by atoms with van der Waals surface area (Å²) in [7, 11) is 2.93. The number of anilines is 1. The van der Waals surface area contributed by atoms with E-state index in [1.54, 1.807) is 0 Å². The Labute approximate surface area is 198 Å². The van der Waals surface area contributed by atoms with Crippen LogP contribution in [0.3, 0.4) is 0 Å². The van der Waals surface area contributed by atoms with Crippen LogP contribution in [0.1, 0.15) is 51.1 Å². The van der Waals surface area contributed by atoms with Gasteiger partial charge in [0, 0.05) is 18.8 Å². The Morgan fingerprint density at radius 3 is 2.53 bits per heavy atom. The quantitative estimate of drug-likeness (QED) is 0.496. The van der Waals surface area contributed by atoms with Crippen LogP contribution in [0.4, 0.5) is 5.69 Å². The molecule has 3 atom stereocenters. The van der Waals surface area contributed by atoms with Gasteiger partial charge in [0.25, 0.3) is 6.02 Å². The summed E-state index contributed by atoms with van der Waals surface area (Å²) in [5, 5.41) is 3.16. The van der Waals surface area contributed by atoms with Gasteiger partial charge >= 0.3 is 0 Å². The van der Waals surface area contributed by atoms with Crippen molar-refractivity contribution in [1.82, 2.24) is 5.32 Å². The van der Waals surface area contributed by atoms with Crippen molar-refractivity contribution >= 4 is 38.4 Å². The summed E-state index contributed by atoms with van der Waals surface area (Å²) in [6.45, 7) is 7.46. The third-order valence-corrected chi connectivity index (χ3v) is 6.94. The van der Waals surface area contributed by atoms with Gasteiger partial charge in [-0.2, -0.15) is 4.99 Å². The number of alkyl halides is 1. The first-order chi connectivity index (χ1) is 15.5. The second-order valence-corrected chi connectivity index (χ2v) is 10.4. The largest absolute Gasteiger partial charge is 0.461 e. The molecule has 0 radical (unpaired) electrons. The van der Waals surface area contributed by atoms with E-state index in [-0.39, 0.29) is 17.5 Å². The monoisotopic (exact) mass is 476 g/mol. The van der Waals surface area contributed by atoms with Crippen molar-refractivity contribution < 1.29 is 9.47 Å². The lowest BCUT2D eigenvalue weighted by Gasteiger charge is -2.29. The molecule has 2 aliphatic heterocycles. The number of allylic oxidation sites excluding steroid dienone is 1. The fraction of sp³-hybridized carbons (Fsp3) is 0.583. The van der Waals surface area contributed by atoms with Gasteiger partial charge in [0.1, 0.15) is 6.10 Å². The first-order valence-corrected chi connectivity index (χ1v) is 12.7. The number of benzene rings is 1. The standard InChI is InChI=1S/C24H34ClN4O2P/c1-16(25)15-22-23(28-24(27-22)31-20-7-9-21(32)10-8-20)26-17(2)18-3-5-19(6-4-18)29-11-13-30-14-12-29/h3-6,15-17,20-21H,7-14,32H2,1-2H3,(H,26,27,28)/b22-15+. The van der Waals surface area contributed by atoms with Crippen LogP contribution in [0.5, 0.6) is 0 Å². The molecule has 1 saturated carbocycles. The molecule has 4 rings (SSSR count). The van der Waals surface area contributed by atoms with Crippen molar-refractivity contribution in [3.05, 3.63) is 41.6 Å². The van der Waals surface area contributed by atoms with E-state index in [0.29, 0.717) is 17.5 Å². The molecule has 1 N–H and O–H groups in total. The molecular formula is C24H34ClN4O2P. The van der Waals surface area contributed by atoms with Crippen molar-refractivity contribution in [2.75, 3.05) is 31.2 Å². The maximum atomic E-state index is 6.24. The number of nitrogens with one attached hydrogen (secondary N) is 1. The van der Waals surface area contributed by atoms with E-state index < -0.39 is 0 Å². The molecule has 0 amide bonds. The fourth-order valence-electron chi connectivity index (χ4n) is 4.26. The minimum absolute atomic E-state index is 0.0322. The number of morpholine rings is 1. The summed E-state index contributed by atoms with van der Waals surface area (Å²) in [4.78, 5) is 11.9. The van der Waals surface area contributed by atoms with Crippen molar-refractivity contribution in [1.29, 1.82) is 0 Å². The molecule has 32 heavy (non-hydrogen) atoms. The Bertz CT molecular complexity index is 857. The van der Waals surface area contributed by atoms with Gasteiger partial charge in [0.15, 0.2) is 5.84 Å². The van der Waals surface area contributed by atoms with Crippen LogP contribution in [0.25, 0.3) is 0 Å². The van der Waals surface area contributed by atoms with E-state index in [2.05, 4.69) is 55.6 Å². The number of halogens is 1. The highest BCUT2D eigenvalue weighted by atomic mass is 35.5. The normalized spacial score (nSPS) is 28.4. The van der Waals surface area contributed by atoms with Crippen LogP contribution < -0.4 is 10.2 Å². The molecule has 0 spiro atoms. The lowest BCUT2D eigenvalue weighted by molar-refractivity contribution is 0.122. The van der Waals surface area contributed by atoms with E-state index >= 15 is 0 Å². The smallest absolute Gasteiger partial charge is 0.296 e. The Kier molecular flexibility index (Phi) is 8.09. The minimum atomic E-state index is -0.132. The minimum Gasteiger partial charge on any atom is -0.461 e. The van der Waals surface area contributed by atoms with Gasteiger partial charge in [-0.15, -0.1) is 20.8 Å². The van der Waals surface area contributed by atoms with Crippen LogP contribution in [0, 0.1) is 0 Å². The summed E-state index contributed by atoms with van der Waals surface area (Å²) in [5.74, 6) is 0.650. The number of amidine groups is 2. The van der Waals surface area contributed by atoms with Gasteiger partial charge in [-0.1, -0.05) is 12.1 Å². The Hall–Kier alpha value is -1.62. The van der Waals surface area contributed by atoms with Crippen molar-refractivity contribution in [2.24, 2.45) is 9.98 Å². The third-order valence-electron chi connectivity index (χ3n) is 6.15. The summed E-state index contributed by atoms with van der Waals surface area (Å²) in [6.07, 6.45) is 6.59. The van der Waals surface area contributed by atoms with Gasteiger partial charge in [0.2, 0.25) is 0 Å². The highest BCUT2D eigenvalue weighted by Crippen LogP contribution is 2.28. The maximum Gasteiger partial charge on any atom is 0.296 e. The molecule has 2 heterocycles. The topological polar surface area (TPSA) is 58.5 Å². The molecule has 174 valence electrons. The molecule has 8 heteroatoms. The lowest BCUT2D eigenvalue weighted by Crippen LogP contribution is -2.36. The maximum absolute atomic E-state index is 6.24. The van der Waals surface area contributed by atoms with Crippen LogP contribution in [-0.2, 0) is 9.47 Å². The first-order valence-electron chi connectivity index (χ1n) is 11.6. The predicted molar refractivity (Wildman–Crippen MR) is 136 cm³/mol. The fourth-order valence-corrected chi connectivity index (χ4v) is 4.77. The molecule has 0 bridgehead atoms. The summed E-state index contributed by atoms with van der Waals surface area (Å²) in [5.41, 5.74) is 3.90. The molecule has 2 fully saturated rings. The first kappa shape index (κ1) is 23.5. The molecule has 3 unspecified atom stereocenters. The van der Waals surface area contributed by atoms with Crippen molar-refractivity contribution in [2.45, 2.75) is 62.7 Å². The Morgan fingerprint density at radius 2 is 1.88 bits per heavy atom. The number of nitrogens with zero attached hydrogens (tertiary/aromatic N) is 3. The Balaban J connectivity index is 1.46. The van der Waals surface area contributed by atoms with Gasteiger partial charge in [-0.25, -0.2) is 0 Å². The molecule has 1 aromatic rings. The van der Waals surface area contributed by atoms with Crippen molar-refractivity contribution in [3.8, 4) is 0 Å². The number of ether oxygens (including phenoxy) is 2. The highest BCUT2D eigenvalue weighted by Gasteiger charge is 2.26. The molecule has 0 aromatic heterocycles. The molecular weight excluding hydrogens is 443 g/mol. The van der Waals surface area contributed by atoms with E-state index in [4.69, 9.17) is 26.1 Å². The average molecular weight is 477 g/mol. The predicted octanol–water partition coefficient (Wildman–Crippen LogP) is 4.66. The molecule has 3 aliphatic rings.